The molecule has 2 rings (SSSR count). The van der Waals surface area contributed by atoms with E-state index in [-0.39, 0.29) is 5.91 Å². The lowest BCUT2D eigenvalue weighted by molar-refractivity contribution is -0.116. The number of aromatic amines is 1. The van der Waals surface area contributed by atoms with Gasteiger partial charge in [-0.3, -0.25) is 4.79 Å². The molecule has 17 heavy (non-hydrogen) atoms. The maximum Gasteiger partial charge on any atom is 0.226 e. The highest BCUT2D eigenvalue weighted by Crippen LogP contribution is 2.23. The molecule has 0 fully saturated rings. The Morgan fingerprint density at radius 1 is 1.59 bits per heavy atom. The first kappa shape index (κ1) is 11.9. The van der Waals surface area contributed by atoms with E-state index in [1.54, 1.807) is 0 Å². The fourth-order valence-corrected chi connectivity index (χ4v) is 2.21. The number of nitrogens with zero attached hydrogens (tertiary/aromatic N) is 1. The Morgan fingerprint density at radius 3 is 3.06 bits per heavy atom. The summed E-state index contributed by atoms with van der Waals surface area (Å²) in [5.41, 5.74) is 1.82. The largest absolute Gasteiger partial charge is 0.360 e. The molecule has 0 aliphatic heterocycles. The van der Waals surface area contributed by atoms with Crippen molar-refractivity contribution in [3.05, 3.63) is 23.7 Å². The molecule has 0 saturated heterocycles. The predicted octanol–water partition coefficient (Wildman–Crippen LogP) is 3.12. The number of H-pyrrole nitrogens is 1. The molecule has 2 aromatic rings. The summed E-state index contributed by atoms with van der Waals surface area (Å²) in [6, 6.07) is 3.88. The standard InChI is InChI=1S/C12H15N3OS/c1-8(2)6-11(16)15-12-14-10(7-17-12)9-4-3-5-13-9/h3-5,7-8,13H,6H2,1-2H3,(H,14,15,16). The highest BCUT2D eigenvalue weighted by Gasteiger charge is 2.09. The second-order valence-electron chi connectivity index (χ2n) is 4.27. The summed E-state index contributed by atoms with van der Waals surface area (Å²) in [6.45, 7) is 4.04. The average Bonchev–Trinajstić information content (AvgIpc) is 2.84. The predicted molar refractivity (Wildman–Crippen MR) is 70.0 cm³/mol. The molecule has 2 aromatic heterocycles. The van der Waals surface area contributed by atoms with Gasteiger partial charge in [-0.15, -0.1) is 11.3 Å². The molecule has 2 N–H and O–H groups in total. The summed E-state index contributed by atoms with van der Waals surface area (Å²) in [7, 11) is 0. The van der Waals surface area contributed by atoms with Crippen LogP contribution < -0.4 is 5.32 Å². The number of hydrogen-bond acceptors (Lipinski definition) is 3. The van der Waals surface area contributed by atoms with Gasteiger partial charge in [-0.25, -0.2) is 4.98 Å². The van der Waals surface area contributed by atoms with Gasteiger partial charge in [0, 0.05) is 18.0 Å². The number of carbonyl (C=O) groups excluding carboxylic acids is 1. The Hall–Kier alpha value is -1.62. The Morgan fingerprint density at radius 2 is 2.41 bits per heavy atom. The number of thiazole rings is 1. The van der Waals surface area contributed by atoms with Crippen molar-refractivity contribution in [3.63, 3.8) is 0 Å². The smallest absolute Gasteiger partial charge is 0.226 e. The minimum atomic E-state index is 0.0207. The molecular weight excluding hydrogens is 234 g/mol. The van der Waals surface area contributed by atoms with Crippen molar-refractivity contribution in [2.45, 2.75) is 20.3 Å². The van der Waals surface area contributed by atoms with Gasteiger partial charge in [-0.1, -0.05) is 13.8 Å². The fraction of sp³-hybridized carbons (Fsp3) is 0.333. The van der Waals surface area contributed by atoms with E-state index in [2.05, 4.69) is 15.3 Å². The van der Waals surface area contributed by atoms with Crippen LogP contribution in [0.15, 0.2) is 23.7 Å². The first-order valence-corrected chi connectivity index (χ1v) is 6.42. The third-order valence-electron chi connectivity index (χ3n) is 2.22. The van der Waals surface area contributed by atoms with E-state index in [1.807, 2.05) is 37.6 Å². The maximum absolute atomic E-state index is 11.6. The van der Waals surface area contributed by atoms with Crippen LogP contribution in [-0.4, -0.2) is 15.9 Å². The van der Waals surface area contributed by atoms with Crippen LogP contribution in [-0.2, 0) is 4.79 Å². The lowest BCUT2D eigenvalue weighted by Crippen LogP contribution is -2.13. The Bertz CT molecular complexity index is 488. The van der Waals surface area contributed by atoms with Crippen LogP contribution in [0.1, 0.15) is 20.3 Å². The molecule has 0 radical (unpaired) electrons. The molecule has 0 aliphatic rings. The van der Waals surface area contributed by atoms with Crippen LogP contribution in [0.5, 0.6) is 0 Å². The third kappa shape index (κ3) is 3.17. The van der Waals surface area contributed by atoms with Gasteiger partial charge >= 0.3 is 0 Å². The SMILES string of the molecule is CC(C)CC(=O)Nc1nc(-c2ccc[nH]2)cs1. The van der Waals surface area contributed by atoms with Gasteiger partial charge in [0.1, 0.15) is 0 Å². The molecule has 4 nitrogen and oxygen atoms in total. The minimum Gasteiger partial charge on any atom is -0.360 e. The summed E-state index contributed by atoms with van der Waals surface area (Å²) < 4.78 is 0. The van der Waals surface area contributed by atoms with Gasteiger partial charge in [0.05, 0.1) is 11.4 Å². The average molecular weight is 249 g/mol. The second-order valence-corrected chi connectivity index (χ2v) is 5.13. The third-order valence-corrected chi connectivity index (χ3v) is 2.98. The summed E-state index contributed by atoms with van der Waals surface area (Å²) in [4.78, 5) is 19.0. The number of aromatic nitrogens is 2. The molecule has 0 atom stereocenters. The van der Waals surface area contributed by atoms with E-state index in [4.69, 9.17) is 0 Å². The van der Waals surface area contributed by atoms with E-state index in [9.17, 15) is 4.79 Å². The molecule has 1 amide bonds. The number of hydrogen-bond donors (Lipinski definition) is 2. The number of amides is 1. The number of nitrogens with one attached hydrogen (secondary N) is 2. The molecule has 0 unspecified atom stereocenters. The normalized spacial score (nSPS) is 10.8. The zero-order chi connectivity index (χ0) is 12.3. The van der Waals surface area contributed by atoms with Gasteiger partial charge in [-0.05, 0) is 18.1 Å². The zero-order valence-electron chi connectivity index (χ0n) is 9.86. The summed E-state index contributed by atoms with van der Waals surface area (Å²) >= 11 is 1.44. The number of carbonyl (C=O) groups is 1. The van der Waals surface area contributed by atoms with Gasteiger partial charge in [-0.2, -0.15) is 0 Å². The lowest BCUT2D eigenvalue weighted by Gasteiger charge is -2.03. The van der Waals surface area contributed by atoms with Crippen molar-refractivity contribution >= 4 is 22.4 Å². The molecule has 0 aromatic carbocycles. The molecule has 2 heterocycles. The van der Waals surface area contributed by atoms with E-state index in [0.29, 0.717) is 17.5 Å². The summed E-state index contributed by atoms with van der Waals surface area (Å²) in [5.74, 6) is 0.380. The van der Waals surface area contributed by atoms with Crippen molar-refractivity contribution < 1.29 is 4.79 Å². The van der Waals surface area contributed by atoms with Crippen LogP contribution in [0.3, 0.4) is 0 Å². The molecule has 0 saturated carbocycles. The van der Waals surface area contributed by atoms with E-state index in [1.165, 1.54) is 11.3 Å². The Kier molecular flexibility index (Phi) is 3.58. The number of rotatable bonds is 4. The maximum atomic E-state index is 11.6. The lowest BCUT2D eigenvalue weighted by atomic mass is 10.1. The molecule has 0 bridgehead atoms. The first-order chi connectivity index (χ1) is 8.15. The topological polar surface area (TPSA) is 57.8 Å². The minimum absolute atomic E-state index is 0.0207. The van der Waals surface area contributed by atoms with Gasteiger partial charge < -0.3 is 10.3 Å². The first-order valence-electron chi connectivity index (χ1n) is 5.54. The summed E-state index contributed by atoms with van der Waals surface area (Å²) in [5, 5.41) is 5.39. The Balaban J connectivity index is 2.02. The van der Waals surface area contributed by atoms with Gasteiger partial charge in [0.25, 0.3) is 0 Å². The number of anilines is 1. The molecular formula is C12H15N3OS. The van der Waals surface area contributed by atoms with E-state index >= 15 is 0 Å². The van der Waals surface area contributed by atoms with Crippen LogP contribution in [0.2, 0.25) is 0 Å². The highest BCUT2D eigenvalue weighted by molar-refractivity contribution is 7.14. The quantitative estimate of drug-likeness (QED) is 0.874. The van der Waals surface area contributed by atoms with E-state index < -0.39 is 0 Å². The van der Waals surface area contributed by atoms with Crippen LogP contribution in [0.4, 0.5) is 5.13 Å². The molecule has 0 aliphatic carbocycles. The molecule has 90 valence electrons. The van der Waals surface area contributed by atoms with Crippen molar-refractivity contribution in [2.24, 2.45) is 5.92 Å². The van der Waals surface area contributed by atoms with Gasteiger partial charge in [0.15, 0.2) is 5.13 Å². The molecule has 0 spiro atoms. The summed E-state index contributed by atoms with van der Waals surface area (Å²) in [6.07, 6.45) is 2.38. The van der Waals surface area contributed by atoms with Gasteiger partial charge in [0.2, 0.25) is 5.91 Å². The monoisotopic (exact) mass is 249 g/mol. The van der Waals surface area contributed by atoms with Crippen molar-refractivity contribution in [2.75, 3.05) is 5.32 Å². The molecule has 5 heteroatoms. The van der Waals surface area contributed by atoms with Crippen molar-refractivity contribution in [1.82, 2.24) is 9.97 Å². The highest BCUT2D eigenvalue weighted by atomic mass is 32.1. The fourth-order valence-electron chi connectivity index (χ4n) is 1.49. The second kappa shape index (κ2) is 5.14. The van der Waals surface area contributed by atoms with Crippen LogP contribution >= 0.6 is 11.3 Å². The van der Waals surface area contributed by atoms with Crippen LogP contribution in [0.25, 0.3) is 11.4 Å². The van der Waals surface area contributed by atoms with Crippen LogP contribution in [0, 0.1) is 5.92 Å². The van der Waals surface area contributed by atoms with Crippen molar-refractivity contribution in [3.8, 4) is 11.4 Å². The Labute approximate surface area is 104 Å². The van der Waals surface area contributed by atoms with E-state index in [0.717, 1.165) is 11.4 Å². The zero-order valence-corrected chi connectivity index (χ0v) is 10.7. The van der Waals surface area contributed by atoms with Crippen molar-refractivity contribution in [1.29, 1.82) is 0 Å².